The number of likely N-dealkylation sites (tertiary alicyclic amines) is 1. The van der Waals surface area contributed by atoms with E-state index in [0.29, 0.717) is 30.7 Å². The van der Waals surface area contributed by atoms with Crippen LogP contribution in [0.25, 0.3) is 16.7 Å². The maximum absolute atomic E-state index is 13.0. The van der Waals surface area contributed by atoms with Gasteiger partial charge in [-0.25, -0.2) is 0 Å². The molecule has 172 valence electrons. The number of ether oxygens (including phenoxy) is 1. The zero-order valence-corrected chi connectivity index (χ0v) is 19.1. The van der Waals surface area contributed by atoms with Gasteiger partial charge in [0.25, 0.3) is 11.7 Å². The number of Topliss-reactive ketones (excluding diaryl/α,β-unsaturated/α-hetero) is 1. The number of H-pyrrole nitrogens is 1. The van der Waals surface area contributed by atoms with Gasteiger partial charge in [0.05, 0.1) is 18.7 Å². The number of aromatic amines is 1. The molecule has 2 aromatic carbocycles. The zero-order valence-electron chi connectivity index (χ0n) is 19.1. The summed E-state index contributed by atoms with van der Waals surface area (Å²) in [5.41, 5.74) is 2.87. The van der Waals surface area contributed by atoms with E-state index in [1.54, 1.807) is 36.3 Å². The Hall–Kier alpha value is -3.54. The number of nitrogens with zero attached hydrogens (tertiary/aromatic N) is 1. The van der Waals surface area contributed by atoms with Crippen LogP contribution in [-0.2, 0) is 16.0 Å². The molecule has 1 amide bonds. The molecular weight excluding hydrogens is 416 g/mol. The molecule has 1 aromatic heterocycles. The first-order valence-corrected chi connectivity index (χ1v) is 11.5. The minimum absolute atomic E-state index is 0.118. The molecular formula is C27H30N2O4. The van der Waals surface area contributed by atoms with E-state index >= 15 is 0 Å². The number of carbonyl (C=O) groups is 2. The molecule has 1 unspecified atom stereocenters. The van der Waals surface area contributed by atoms with Crippen LogP contribution in [0.1, 0.15) is 43.7 Å². The van der Waals surface area contributed by atoms with Gasteiger partial charge in [-0.2, -0.15) is 0 Å². The number of carbonyl (C=O) groups excluding carboxylic acids is 2. The molecule has 1 atom stereocenters. The van der Waals surface area contributed by atoms with Crippen molar-refractivity contribution < 1.29 is 19.4 Å². The van der Waals surface area contributed by atoms with Crippen molar-refractivity contribution in [2.75, 3.05) is 13.7 Å². The van der Waals surface area contributed by atoms with E-state index in [4.69, 9.17) is 4.74 Å². The summed E-state index contributed by atoms with van der Waals surface area (Å²) in [6, 6.07) is 14.5. The fourth-order valence-corrected chi connectivity index (χ4v) is 4.59. The van der Waals surface area contributed by atoms with Crippen LogP contribution in [0.2, 0.25) is 0 Å². The SMILES string of the molecule is CCCCCC1/C(=C(\O)c2ccc(OC)cc2)C(=O)C(=O)N1CCc1c[nH]c2ccccc12. The number of aliphatic hydroxyl groups is 1. The number of hydrogen-bond acceptors (Lipinski definition) is 4. The normalized spacial score (nSPS) is 17.8. The number of aromatic nitrogens is 1. The van der Waals surface area contributed by atoms with E-state index in [-0.39, 0.29) is 11.3 Å². The molecule has 4 rings (SSSR count). The van der Waals surface area contributed by atoms with Crippen molar-refractivity contribution in [1.29, 1.82) is 0 Å². The molecule has 1 saturated heterocycles. The third kappa shape index (κ3) is 4.51. The van der Waals surface area contributed by atoms with Crippen molar-refractivity contribution in [3.63, 3.8) is 0 Å². The van der Waals surface area contributed by atoms with E-state index in [9.17, 15) is 14.7 Å². The Morgan fingerprint density at radius 3 is 2.58 bits per heavy atom. The number of hydrogen-bond donors (Lipinski definition) is 2. The number of rotatable bonds is 9. The number of ketones is 1. The number of methoxy groups -OCH3 is 1. The maximum Gasteiger partial charge on any atom is 0.295 e. The Bertz CT molecular complexity index is 1180. The van der Waals surface area contributed by atoms with E-state index in [1.165, 1.54) is 0 Å². The number of amides is 1. The van der Waals surface area contributed by atoms with Crippen molar-refractivity contribution >= 4 is 28.4 Å². The van der Waals surface area contributed by atoms with Crippen LogP contribution in [-0.4, -0.2) is 46.4 Å². The molecule has 0 saturated carbocycles. The smallest absolute Gasteiger partial charge is 0.295 e. The van der Waals surface area contributed by atoms with E-state index < -0.39 is 17.7 Å². The lowest BCUT2D eigenvalue weighted by Gasteiger charge is -2.25. The first kappa shape index (κ1) is 22.6. The van der Waals surface area contributed by atoms with E-state index in [1.807, 2.05) is 24.4 Å². The molecule has 2 N–H and O–H groups in total. The lowest BCUT2D eigenvalue weighted by Crippen LogP contribution is -2.36. The fraction of sp³-hybridized carbons (Fsp3) is 0.333. The lowest BCUT2D eigenvalue weighted by molar-refractivity contribution is -0.139. The highest BCUT2D eigenvalue weighted by molar-refractivity contribution is 6.46. The molecule has 0 spiro atoms. The molecule has 1 aliphatic rings. The molecule has 6 heteroatoms. The summed E-state index contributed by atoms with van der Waals surface area (Å²) in [7, 11) is 1.57. The molecule has 0 radical (unpaired) electrons. The molecule has 3 aromatic rings. The Labute approximate surface area is 193 Å². The van der Waals surface area contributed by atoms with Crippen molar-refractivity contribution in [2.24, 2.45) is 0 Å². The third-order valence-electron chi connectivity index (χ3n) is 6.41. The number of unbranched alkanes of at least 4 members (excludes halogenated alkanes) is 2. The van der Waals surface area contributed by atoms with Crippen LogP contribution in [0.15, 0.2) is 60.3 Å². The summed E-state index contributed by atoms with van der Waals surface area (Å²) in [4.78, 5) is 31.0. The van der Waals surface area contributed by atoms with Gasteiger partial charge in [-0.05, 0) is 48.7 Å². The van der Waals surface area contributed by atoms with Gasteiger partial charge in [-0.15, -0.1) is 0 Å². The van der Waals surface area contributed by atoms with Gasteiger partial charge in [0.1, 0.15) is 11.5 Å². The molecule has 6 nitrogen and oxygen atoms in total. The minimum atomic E-state index is -0.608. The fourth-order valence-electron chi connectivity index (χ4n) is 4.59. The van der Waals surface area contributed by atoms with Crippen LogP contribution >= 0.6 is 0 Å². The van der Waals surface area contributed by atoms with Gasteiger partial charge < -0.3 is 19.7 Å². The van der Waals surface area contributed by atoms with Gasteiger partial charge in [-0.3, -0.25) is 9.59 Å². The van der Waals surface area contributed by atoms with E-state index in [2.05, 4.69) is 18.0 Å². The molecule has 0 bridgehead atoms. The van der Waals surface area contributed by atoms with E-state index in [0.717, 1.165) is 35.7 Å². The molecule has 33 heavy (non-hydrogen) atoms. The molecule has 1 aliphatic heterocycles. The lowest BCUT2D eigenvalue weighted by atomic mass is 9.96. The summed E-state index contributed by atoms with van der Waals surface area (Å²) >= 11 is 0. The largest absolute Gasteiger partial charge is 0.507 e. The predicted octanol–water partition coefficient (Wildman–Crippen LogP) is 5.05. The molecule has 2 heterocycles. The van der Waals surface area contributed by atoms with Gasteiger partial charge >= 0.3 is 0 Å². The summed E-state index contributed by atoms with van der Waals surface area (Å²) in [5.74, 6) is -0.604. The number of aliphatic hydroxyl groups excluding tert-OH is 1. The van der Waals surface area contributed by atoms with Crippen LogP contribution in [0.3, 0.4) is 0 Å². The standard InChI is InChI=1S/C27H30N2O4/c1-3-4-5-10-23-24(25(30)18-11-13-20(33-2)14-12-18)26(31)27(32)29(23)16-15-19-17-28-22-9-7-6-8-21(19)22/h6-9,11-14,17,23,28,30H,3-5,10,15-16H2,1-2H3/b25-24+. The number of fused-ring (bicyclic) bond motifs is 1. The topological polar surface area (TPSA) is 82.6 Å². The average molecular weight is 447 g/mol. The Morgan fingerprint density at radius 1 is 1.09 bits per heavy atom. The second kappa shape index (κ2) is 9.94. The van der Waals surface area contributed by atoms with Gasteiger partial charge in [0.2, 0.25) is 0 Å². The first-order chi connectivity index (χ1) is 16.0. The Balaban J connectivity index is 1.63. The van der Waals surface area contributed by atoms with Gasteiger partial charge in [-0.1, -0.05) is 44.4 Å². The van der Waals surface area contributed by atoms with Crippen molar-refractivity contribution in [1.82, 2.24) is 9.88 Å². The number of benzene rings is 2. The Morgan fingerprint density at radius 2 is 1.85 bits per heavy atom. The molecule has 0 aliphatic carbocycles. The van der Waals surface area contributed by atoms with Crippen molar-refractivity contribution in [3.8, 4) is 5.75 Å². The number of nitrogens with one attached hydrogen (secondary N) is 1. The van der Waals surface area contributed by atoms with Crippen molar-refractivity contribution in [3.05, 3.63) is 71.4 Å². The summed E-state index contributed by atoms with van der Waals surface area (Å²) in [5, 5.41) is 12.2. The quantitative estimate of drug-likeness (QED) is 0.209. The van der Waals surface area contributed by atoms with Crippen LogP contribution in [0.4, 0.5) is 0 Å². The highest BCUT2D eigenvalue weighted by Crippen LogP contribution is 2.33. The maximum atomic E-state index is 13.0. The number of para-hydroxylation sites is 1. The minimum Gasteiger partial charge on any atom is -0.507 e. The van der Waals surface area contributed by atoms with Crippen LogP contribution in [0, 0.1) is 0 Å². The highest BCUT2D eigenvalue weighted by atomic mass is 16.5. The first-order valence-electron chi connectivity index (χ1n) is 11.5. The monoisotopic (exact) mass is 446 g/mol. The van der Waals surface area contributed by atoms with Crippen LogP contribution < -0.4 is 4.74 Å². The van der Waals surface area contributed by atoms with Crippen LogP contribution in [0.5, 0.6) is 5.75 Å². The summed E-state index contributed by atoms with van der Waals surface area (Å²) in [6.07, 6.45) is 6.16. The summed E-state index contributed by atoms with van der Waals surface area (Å²) in [6.45, 7) is 2.54. The highest BCUT2D eigenvalue weighted by Gasteiger charge is 2.44. The van der Waals surface area contributed by atoms with Gasteiger partial charge in [0.15, 0.2) is 0 Å². The summed E-state index contributed by atoms with van der Waals surface area (Å²) < 4.78 is 5.18. The van der Waals surface area contributed by atoms with Crippen molar-refractivity contribution in [2.45, 2.75) is 45.1 Å². The second-order valence-corrected chi connectivity index (χ2v) is 8.44. The molecule has 1 fully saturated rings. The Kier molecular flexibility index (Phi) is 6.82. The third-order valence-corrected chi connectivity index (χ3v) is 6.41. The average Bonchev–Trinajstić information content (AvgIpc) is 3.36. The second-order valence-electron chi connectivity index (χ2n) is 8.44. The zero-order chi connectivity index (χ0) is 23.4. The van der Waals surface area contributed by atoms with Gasteiger partial charge in [0, 0.05) is 29.2 Å². The predicted molar refractivity (Wildman–Crippen MR) is 129 cm³/mol.